The van der Waals surface area contributed by atoms with Gasteiger partial charge in [0.25, 0.3) is 0 Å². The summed E-state index contributed by atoms with van der Waals surface area (Å²) in [6, 6.07) is 3.64. The minimum Gasteiger partial charge on any atom is -0.508 e. The number of nitrogens with zero attached hydrogens (tertiary/aromatic N) is 1. The van der Waals surface area contributed by atoms with E-state index in [4.69, 9.17) is 5.11 Å². The molecule has 1 saturated heterocycles. The number of hydrogen-bond acceptors (Lipinski definition) is 3. The molecule has 1 aliphatic heterocycles. The first-order valence-electron chi connectivity index (χ1n) is 5.79. The molecule has 19 heavy (non-hydrogen) atoms. The molecular weight excluding hydrogens is 281 g/mol. The van der Waals surface area contributed by atoms with Crippen molar-refractivity contribution >= 4 is 12.4 Å². The quantitative estimate of drug-likeness (QED) is 0.879. The van der Waals surface area contributed by atoms with Crippen molar-refractivity contribution in [3.8, 4) is 5.75 Å². The standard InChI is InChI=1S/C12H15F3N2O.ClH/c13-12(14,15)11(17-7-5-16-6-8-17)9-1-3-10(18)4-2-9;/h1-4,11,16,18H,5-8H2;1H/t11-;/m0./s1. The van der Waals surface area contributed by atoms with E-state index in [0.717, 1.165) is 0 Å². The van der Waals surface area contributed by atoms with Gasteiger partial charge in [-0.1, -0.05) is 12.1 Å². The minimum absolute atomic E-state index is 0. The molecule has 0 amide bonds. The number of nitrogens with one attached hydrogen (secondary N) is 1. The van der Waals surface area contributed by atoms with Crippen molar-refractivity contribution in [2.24, 2.45) is 0 Å². The van der Waals surface area contributed by atoms with Gasteiger partial charge < -0.3 is 10.4 Å². The molecule has 2 N–H and O–H groups in total. The number of halogens is 4. The van der Waals surface area contributed by atoms with Gasteiger partial charge >= 0.3 is 6.18 Å². The van der Waals surface area contributed by atoms with E-state index in [1.807, 2.05) is 0 Å². The summed E-state index contributed by atoms with van der Waals surface area (Å²) in [5.74, 6) is -0.0278. The van der Waals surface area contributed by atoms with Gasteiger partial charge in [-0.05, 0) is 17.7 Å². The number of phenolic OH excluding ortho intramolecular Hbond substituents is 1. The molecule has 1 aromatic rings. The number of hydrogen-bond donors (Lipinski definition) is 2. The molecule has 1 aliphatic rings. The number of aromatic hydroxyl groups is 1. The van der Waals surface area contributed by atoms with Gasteiger partial charge in [0.2, 0.25) is 0 Å². The summed E-state index contributed by atoms with van der Waals surface area (Å²) in [4.78, 5) is 1.42. The molecule has 0 saturated carbocycles. The molecule has 7 heteroatoms. The highest BCUT2D eigenvalue weighted by molar-refractivity contribution is 5.85. The second-order valence-corrected chi connectivity index (χ2v) is 4.32. The molecule has 108 valence electrons. The molecule has 1 fully saturated rings. The predicted octanol–water partition coefficient (Wildman–Crippen LogP) is 2.32. The third-order valence-corrected chi connectivity index (χ3v) is 3.04. The zero-order chi connectivity index (χ0) is 13.2. The van der Waals surface area contributed by atoms with Crippen LogP contribution in [0.1, 0.15) is 11.6 Å². The van der Waals surface area contributed by atoms with Gasteiger partial charge in [-0.15, -0.1) is 12.4 Å². The van der Waals surface area contributed by atoms with Gasteiger partial charge in [-0.3, -0.25) is 4.90 Å². The fraction of sp³-hybridized carbons (Fsp3) is 0.500. The van der Waals surface area contributed by atoms with Crippen LogP contribution in [0.15, 0.2) is 24.3 Å². The lowest BCUT2D eigenvalue weighted by Gasteiger charge is -2.36. The van der Waals surface area contributed by atoms with Gasteiger partial charge in [-0.2, -0.15) is 13.2 Å². The normalized spacial score (nSPS) is 18.7. The first-order chi connectivity index (χ1) is 8.48. The smallest absolute Gasteiger partial charge is 0.408 e. The SMILES string of the molecule is Cl.Oc1ccc([C@H](N2CCNCC2)C(F)(F)F)cc1. The predicted molar refractivity (Wildman–Crippen MR) is 68.6 cm³/mol. The molecule has 1 atom stereocenters. The molecule has 1 heterocycles. The molecule has 2 rings (SSSR count). The van der Waals surface area contributed by atoms with E-state index in [0.29, 0.717) is 26.2 Å². The Kier molecular flexibility index (Phi) is 5.46. The van der Waals surface area contributed by atoms with Crippen molar-refractivity contribution in [2.75, 3.05) is 26.2 Å². The molecule has 0 bridgehead atoms. The van der Waals surface area contributed by atoms with E-state index in [2.05, 4.69) is 5.32 Å². The van der Waals surface area contributed by atoms with Crippen LogP contribution in [0.2, 0.25) is 0 Å². The highest BCUT2D eigenvalue weighted by atomic mass is 35.5. The van der Waals surface area contributed by atoms with Crippen molar-refractivity contribution < 1.29 is 18.3 Å². The Balaban J connectivity index is 0.00000180. The first-order valence-corrected chi connectivity index (χ1v) is 5.79. The molecule has 3 nitrogen and oxygen atoms in total. The topological polar surface area (TPSA) is 35.5 Å². The van der Waals surface area contributed by atoms with Crippen LogP contribution >= 0.6 is 12.4 Å². The molecule has 0 radical (unpaired) electrons. The monoisotopic (exact) mass is 296 g/mol. The maximum absolute atomic E-state index is 13.2. The fourth-order valence-electron chi connectivity index (χ4n) is 2.20. The van der Waals surface area contributed by atoms with Crippen LogP contribution in [0.5, 0.6) is 5.75 Å². The average Bonchev–Trinajstić information content (AvgIpc) is 2.32. The molecule has 0 spiro atoms. The second-order valence-electron chi connectivity index (χ2n) is 4.32. The Morgan fingerprint density at radius 2 is 1.63 bits per heavy atom. The van der Waals surface area contributed by atoms with Crippen molar-refractivity contribution in [3.05, 3.63) is 29.8 Å². The largest absolute Gasteiger partial charge is 0.508 e. The number of alkyl halides is 3. The summed E-state index contributed by atoms with van der Waals surface area (Å²) < 4.78 is 39.5. The zero-order valence-corrected chi connectivity index (χ0v) is 11.0. The van der Waals surface area contributed by atoms with Crippen LogP contribution in [-0.2, 0) is 0 Å². The third kappa shape index (κ3) is 3.99. The Bertz CT molecular complexity index is 391. The van der Waals surface area contributed by atoms with E-state index in [1.54, 1.807) is 0 Å². The van der Waals surface area contributed by atoms with Crippen molar-refractivity contribution in [3.63, 3.8) is 0 Å². The van der Waals surface area contributed by atoms with Crippen molar-refractivity contribution in [1.82, 2.24) is 10.2 Å². The van der Waals surface area contributed by atoms with Crippen molar-refractivity contribution in [2.45, 2.75) is 12.2 Å². The lowest BCUT2D eigenvalue weighted by molar-refractivity contribution is -0.187. The zero-order valence-electron chi connectivity index (χ0n) is 10.2. The third-order valence-electron chi connectivity index (χ3n) is 3.04. The summed E-state index contributed by atoms with van der Waals surface area (Å²) in [5, 5.41) is 12.2. The Hall–Kier alpha value is -0.980. The first kappa shape index (κ1) is 16.1. The number of benzene rings is 1. The van der Waals surface area contributed by atoms with E-state index in [1.165, 1.54) is 29.2 Å². The van der Waals surface area contributed by atoms with Gasteiger partial charge in [-0.25, -0.2) is 0 Å². The maximum atomic E-state index is 13.2. The highest BCUT2D eigenvalue weighted by Crippen LogP contribution is 2.38. The van der Waals surface area contributed by atoms with Crippen LogP contribution in [-0.4, -0.2) is 42.4 Å². The molecule has 0 aromatic heterocycles. The Morgan fingerprint density at radius 1 is 1.11 bits per heavy atom. The highest BCUT2D eigenvalue weighted by Gasteiger charge is 2.44. The van der Waals surface area contributed by atoms with Crippen molar-refractivity contribution in [1.29, 1.82) is 0 Å². The number of piperazine rings is 1. The van der Waals surface area contributed by atoms with E-state index >= 15 is 0 Å². The van der Waals surface area contributed by atoms with Gasteiger partial charge in [0.1, 0.15) is 11.8 Å². The van der Waals surface area contributed by atoms with E-state index in [9.17, 15) is 13.2 Å². The molecular formula is C12H16ClF3N2O. The molecule has 0 aliphatic carbocycles. The molecule has 0 unspecified atom stereocenters. The van der Waals surface area contributed by atoms with E-state index < -0.39 is 12.2 Å². The fourth-order valence-corrected chi connectivity index (χ4v) is 2.20. The second kappa shape index (κ2) is 6.45. The van der Waals surface area contributed by atoms with Crippen LogP contribution < -0.4 is 5.32 Å². The van der Waals surface area contributed by atoms with Crippen LogP contribution in [0.3, 0.4) is 0 Å². The summed E-state index contributed by atoms with van der Waals surface area (Å²) in [6.07, 6.45) is -4.31. The Labute approximate surface area is 115 Å². The van der Waals surface area contributed by atoms with Crippen LogP contribution in [0.25, 0.3) is 0 Å². The summed E-state index contributed by atoms with van der Waals surface area (Å²) >= 11 is 0. The maximum Gasteiger partial charge on any atom is 0.408 e. The van der Waals surface area contributed by atoms with Gasteiger partial charge in [0.15, 0.2) is 0 Å². The van der Waals surface area contributed by atoms with Crippen LogP contribution in [0, 0.1) is 0 Å². The average molecular weight is 297 g/mol. The van der Waals surface area contributed by atoms with Gasteiger partial charge in [0.05, 0.1) is 0 Å². The minimum atomic E-state index is -4.31. The summed E-state index contributed by atoms with van der Waals surface area (Å²) in [5.41, 5.74) is 0.169. The number of phenols is 1. The van der Waals surface area contributed by atoms with E-state index in [-0.39, 0.29) is 23.7 Å². The lowest BCUT2D eigenvalue weighted by atomic mass is 10.0. The lowest BCUT2D eigenvalue weighted by Crippen LogP contribution is -2.49. The Morgan fingerprint density at radius 3 is 2.11 bits per heavy atom. The summed E-state index contributed by atoms with van der Waals surface area (Å²) in [6.45, 7) is 1.85. The van der Waals surface area contributed by atoms with Crippen LogP contribution in [0.4, 0.5) is 13.2 Å². The van der Waals surface area contributed by atoms with Gasteiger partial charge in [0, 0.05) is 26.2 Å². The number of rotatable bonds is 2. The molecule has 1 aromatic carbocycles. The summed E-state index contributed by atoms with van der Waals surface area (Å²) in [7, 11) is 0.